The minimum absolute atomic E-state index is 0.697. The molecule has 0 saturated heterocycles. The minimum Gasteiger partial charge on any atom is -0.492 e. The molecule has 1 aliphatic rings. The Morgan fingerprint density at radius 1 is 1.00 bits per heavy atom. The zero-order chi connectivity index (χ0) is 15.5. The summed E-state index contributed by atoms with van der Waals surface area (Å²) in [4.78, 5) is 6.43. The number of pyridine rings is 1. The number of hydrogen-bond donors (Lipinski definition) is 0. The van der Waals surface area contributed by atoms with Gasteiger partial charge in [0.1, 0.15) is 12.4 Å². The summed E-state index contributed by atoms with van der Waals surface area (Å²) >= 11 is 0. The number of nitrogens with zero attached hydrogens (tertiary/aromatic N) is 4. The maximum atomic E-state index is 5.83. The van der Waals surface area contributed by atoms with Crippen molar-refractivity contribution in [2.45, 2.75) is 13.2 Å². The molecule has 0 saturated carbocycles. The van der Waals surface area contributed by atoms with Gasteiger partial charge < -0.3 is 4.74 Å². The highest BCUT2D eigenvalue weighted by Crippen LogP contribution is 2.24. The molecule has 0 amide bonds. The van der Waals surface area contributed by atoms with Crippen LogP contribution in [0.3, 0.4) is 0 Å². The number of benzene rings is 1. The zero-order valence-corrected chi connectivity index (χ0v) is 12.8. The Hall–Kier alpha value is -2.66. The fraction of sp³-hybridized carbons (Fsp3) is 0.222. The van der Waals surface area contributed by atoms with Gasteiger partial charge in [0.15, 0.2) is 0 Å². The molecule has 0 unspecified atom stereocenters. The SMILES string of the molecule is c1ccc2c(c1)CN(Cn1nccc1-c1ccncc1)CCO2. The van der Waals surface area contributed by atoms with Gasteiger partial charge in [0.05, 0.1) is 12.4 Å². The first-order valence-electron chi connectivity index (χ1n) is 7.75. The first-order chi connectivity index (χ1) is 11.4. The molecule has 0 atom stereocenters. The van der Waals surface area contributed by atoms with Crippen molar-refractivity contribution in [3.63, 3.8) is 0 Å². The van der Waals surface area contributed by atoms with Crippen molar-refractivity contribution < 1.29 is 4.74 Å². The number of hydrogen-bond acceptors (Lipinski definition) is 4. The van der Waals surface area contributed by atoms with E-state index in [-0.39, 0.29) is 0 Å². The van der Waals surface area contributed by atoms with E-state index in [1.165, 1.54) is 5.56 Å². The molecule has 0 radical (unpaired) electrons. The third-order valence-electron chi connectivity index (χ3n) is 4.06. The second-order valence-electron chi connectivity index (χ2n) is 5.60. The van der Waals surface area contributed by atoms with Crippen LogP contribution >= 0.6 is 0 Å². The lowest BCUT2D eigenvalue weighted by Gasteiger charge is -2.20. The standard InChI is InChI=1S/C18H18N4O/c1-2-4-18-16(3-1)13-21(11-12-23-18)14-22-17(7-10-20-22)15-5-8-19-9-6-15/h1-10H,11-14H2. The maximum Gasteiger partial charge on any atom is 0.123 e. The summed E-state index contributed by atoms with van der Waals surface area (Å²) < 4.78 is 7.86. The topological polar surface area (TPSA) is 43.2 Å². The maximum absolute atomic E-state index is 5.83. The van der Waals surface area contributed by atoms with Gasteiger partial charge in [0.2, 0.25) is 0 Å². The van der Waals surface area contributed by atoms with Gasteiger partial charge in [-0.1, -0.05) is 18.2 Å². The van der Waals surface area contributed by atoms with Crippen molar-refractivity contribution in [3.05, 3.63) is 66.6 Å². The summed E-state index contributed by atoms with van der Waals surface area (Å²) in [7, 11) is 0. The smallest absolute Gasteiger partial charge is 0.123 e. The molecule has 3 heterocycles. The fourth-order valence-electron chi connectivity index (χ4n) is 2.90. The van der Waals surface area contributed by atoms with E-state index in [1.807, 2.05) is 53.6 Å². The molecule has 1 aliphatic heterocycles. The van der Waals surface area contributed by atoms with Crippen molar-refractivity contribution in [1.29, 1.82) is 0 Å². The molecule has 0 N–H and O–H groups in total. The second kappa shape index (κ2) is 6.22. The molecule has 0 spiro atoms. The molecule has 5 nitrogen and oxygen atoms in total. The molecule has 4 rings (SSSR count). The predicted molar refractivity (Wildman–Crippen MR) is 87.8 cm³/mol. The van der Waals surface area contributed by atoms with Crippen LogP contribution in [0.15, 0.2) is 61.1 Å². The molecule has 0 fully saturated rings. The largest absolute Gasteiger partial charge is 0.492 e. The summed E-state index contributed by atoms with van der Waals surface area (Å²) in [5, 5.41) is 4.49. The third-order valence-corrected chi connectivity index (χ3v) is 4.06. The highest BCUT2D eigenvalue weighted by molar-refractivity contribution is 5.58. The lowest BCUT2D eigenvalue weighted by molar-refractivity contribution is 0.179. The van der Waals surface area contributed by atoms with Gasteiger partial charge in [0.25, 0.3) is 0 Å². The average molecular weight is 306 g/mol. The van der Waals surface area contributed by atoms with Crippen LogP contribution in [-0.4, -0.2) is 32.8 Å². The molecule has 23 heavy (non-hydrogen) atoms. The number of rotatable bonds is 3. The Morgan fingerprint density at radius 2 is 1.87 bits per heavy atom. The molecular formula is C18H18N4O. The normalized spacial score (nSPS) is 14.8. The van der Waals surface area contributed by atoms with Crippen LogP contribution in [0.4, 0.5) is 0 Å². The van der Waals surface area contributed by atoms with Gasteiger partial charge in [-0.25, -0.2) is 0 Å². The van der Waals surface area contributed by atoms with Crippen LogP contribution in [0.2, 0.25) is 0 Å². The van der Waals surface area contributed by atoms with Crippen LogP contribution in [0.5, 0.6) is 5.75 Å². The van der Waals surface area contributed by atoms with Crippen LogP contribution in [0.25, 0.3) is 11.3 Å². The molecule has 1 aromatic carbocycles. The van der Waals surface area contributed by atoms with Gasteiger partial charge >= 0.3 is 0 Å². The fourth-order valence-corrected chi connectivity index (χ4v) is 2.90. The predicted octanol–water partition coefficient (Wildman–Crippen LogP) is 2.80. The van der Waals surface area contributed by atoms with Gasteiger partial charge in [-0.3, -0.25) is 14.6 Å². The van der Waals surface area contributed by atoms with E-state index in [1.54, 1.807) is 0 Å². The van der Waals surface area contributed by atoms with Crippen LogP contribution < -0.4 is 4.74 Å². The summed E-state index contributed by atoms with van der Waals surface area (Å²) in [5.41, 5.74) is 3.46. The van der Waals surface area contributed by atoms with E-state index < -0.39 is 0 Å². The molecule has 3 aromatic rings. The molecule has 116 valence electrons. The minimum atomic E-state index is 0.697. The molecular weight excluding hydrogens is 288 g/mol. The van der Waals surface area contributed by atoms with Gasteiger partial charge in [0, 0.05) is 42.8 Å². The number of aromatic nitrogens is 3. The van der Waals surface area contributed by atoms with E-state index >= 15 is 0 Å². The van der Waals surface area contributed by atoms with Crippen LogP contribution in [0.1, 0.15) is 5.56 Å². The van der Waals surface area contributed by atoms with Crippen LogP contribution in [0, 0.1) is 0 Å². The van der Waals surface area contributed by atoms with E-state index in [0.717, 1.165) is 36.8 Å². The summed E-state index contributed by atoms with van der Waals surface area (Å²) in [6.07, 6.45) is 5.46. The van der Waals surface area contributed by atoms with Crippen molar-refractivity contribution in [3.8, 4) is 17.0 Å². The zero-order valence-electron chi connectivity index (χ0n) is 12.8. The second-order valence-corrected chi connectivity index (χ2v) is 5.60. The van der Waals surface area contributed by atoms with Crippen molar-refractivity contribution in [2.24, 2.45) is 0 Å². The van der Waals surface area contributed by atoms with Gasteiger partial charge in [-0.05, 0) is 24.3 Å². The van der Waals surface area contributed by atoms with Crippen molar-refractivity contribution in [1.82, 2.24) is 19.7 Å². The molecule has 0 bridgehead atoms. The Balaban J connectivity index is 1.57. The highest BCUT2D eigenvalue weighted by atomic mass is 16.5. The number of ether oxygens (including phenoxy) is 1. The summed E-state index contributed by atoms with van der Waals surface area (Å²) in [6, 6.07) is 14.3. The Kier molecular flexibility index (Phi) is 3.78. The number of fused-ring (bicyclic) bond motifs is 1. The molecule has 5 heteroatoms. The van der Waals surface area contributed by atoms with Gasteiger partial charge in [-0.2, -0.15) is 5.10 Å². The molecule has 2 aromatic heterocycles. The highest BCUT2D eigenvalue weighted by Gasteiger charge is 2.16. The van der Waals surface area contributed by atoms with Gasteiger partial charge in [-0.15, -0.1) is 0 Å². The van der Waals surface area contributed by atoms with Crippen molar-refractivity contribution >= 4 is 0 Å². The third kappa shape index (κ3) is 2.96. The Labute approximate surface area is 135 Å². The number of para-hydroxylation sites is 1. The molecule has 0 aliphatic carbocycles. The monoisotopic (exact) mass is 306 g/mol. The average Bonchev–Trinajstić information content (AvgIpc) is 2.95. The first-order valence-corrected chi connectivity index (χ1v) is 7.75. The lowest BCUT2D eigenvalue weighted by atomic mass is 10.2. The lowest BCUT2D eigenvalue weighted by Crippen LogP contribution is -2.29. The summed E-state index contributed by atoms with van der Waals surface area (Å²) in [5.74, 6) is 0.991. The van der Waals surface area contributed by atoms with E-state index in [9.17, 15) is 0 Å². The first kappa shape index (κ1) is 14.0. The quantitative estimate of drug-likeness (QED) is 0.746. The van der Waals surface area contributed by atoms with E-state index in [2.05, 4.69) is 27.1 Å². The van der Waals surface area contributed by atoms with Crippen LogP contribution in [-0.2, 0) is 13.2 Å². The van der Waals surface area contributed by atoms with E-state index in [0.29, 0.717) is 6.61 Å². The van der Waals surface area contributed by atoms with E-state index in [4.69, 9.17) is 4.74 Å². The Morgan fingerprint density at radius 3 is 2.78 bits per heavy atom. The Bertz CT molecular complexity index is 784. The summed E-state index contributed by atoms with van der Waals surface area (Å²) in [6.45, 7) is 3.18. The van der Waals surface area contributed by atoms with Crippen molar-refractivity contribution in [2.75, 3.05) is 13.2 Å².